The molecule has 21 heavy (non-hydrogen) atoms. The lowest BCUT2D eigenvalue weighted by Crippen LogP contribution is -2.19. The van der Waals surface area contributed by atoms with Gasteiger partial charge in [-0.25, -0.2) is 8.42 Å². The van der Waals surface area contributed by atoms with Crippen LogP contribution in [0.2, 0.25) is 0 Å². The Morgan fingerprint density at radius 3 is 2.43 bits per heavy atom. The van der Waals surface area contributed by atoms with Crippen molar-refractivity contribution in [2.45, 2.75) is 23.2 Å². The maximum Gasteiger partial charge on any atom is 0.314 e. The van der Waals surface area contributed by atoms with Crippen molar-refractivity contribution < 1.29 is 18.3 Å². The predicted molar refractivity (Wildman–Crippen MR) is 74.4 cm³/mol. The zero-order valence-electron chi connectivity index (χ0n) is 10.9. The third-order valence-electron chi connectivity index (χ3n) is 3.63. The van der Waals surface area contributed by atoms with Gasteiger partial charge in [0.1, 0.15) is 0 Å². The van der Waals surface area contributed by atoms with Crippen LogP contribution >= 0.6 is 0 Å². The van der Waals surface area contributed by atoms with Gasteiger partial charge in [0.2, 0.25) is 0 Å². The van der Waals surface area contributed by atoms with E-state index < -0.39 is 21.4 Å². The Bertz CT molecular complexity index is 762. The Hall–Kier alpha value is -2.35. The van der Waals surface area contributed by atoms with Gasteiger partial charge in [-0.05, 0) is 30.5 Å². The van der Waals surface area contributed by atoms with Crippen LogP contribution in [0.15, 0.2) is 41.6 Å². The van der Waals surface area contributed by atoms with Crippen molar-refractivity contribution in [2.24, 2.45) is 0 Å². The second-order valence-electron chi connectivity index (χ2n) is 5.00. The zero-order valence-corrected chi connectivity index (χ0v) is 11.7. The molecule has 1 fully saturated rings. The predicted octanol–water partition coefficient (Wildman–Crippen LogP) is 1.33. The summed E-state index contributed by atoms with van der Waals surface area (Å²) >= 11 is 0. The van der Waals surface area contributed by atoms with Gasteiger partial charge in [0.05, 0.1) is 22.2 Å². The highest BCUT2D eigenvalue weighted by molar-refractivity contribution is 7.92. The summed E-state index contributed by atoms with van der Waals surface area (Å²) < 4.78 is 26.7. The molecule has 7 nitrogen and oxygen atoms in total. The average Bonchev–Trinajstić information content (AvgIpc) is 3.12. The second kappa shape index (κ2) is 4.59. The molecule has 8 heteroatoms. The zero-order chi connectivity index (χ0) is 15.1. The quantitative estimate of drug-likeness (QED) is 0.771. The van der Waals surface area contributed by atoms with E-state index in [0.717, 1.165) is 0 Å². The minimum Gasteiger partial charge on any atom is -0.481 e. The van der Waals surface area contributed by atoms with E-state index in [1.165, 1.54) is 24.5 Å². The summed E-state index contributed by atoms with van der Waals surface area (Å²) in [6.45, 7) is 0. The van der Waals surface area contributed by atoms with E-state index in [1.54, 1.807) is 12.1 Å². The van der Waals surface area contributed by atoms with Crippen molar-refractivity contribution in [3.05, 3.63) is 42.2 Å². The third kappa shape index (κ3) is 2.38. The number of rotatable bonds is 5. The number of aromatic nitrogens is 2. The molecular weight excluding hydrogens is 294 g/mol. The monoisotopic (exact) mass is 307 g/mol. The van der Waals surface area contributed by atoms with Gasteiger partial charge >= 0.3 is 5.97 Å². The molecule has 0 saturated heterocycles. The van der Waals surface area contributed by atoms with Crippen molar-refractivity contribution in [1.82, 2.24) is 10.2 Å². The number of carboxylic acids is 1. The number of H-pyrrole nitrogens is 1. The summed E-state index contributed by atoms with van der Waals surface area (Å²) in [5.41, 5.74) is 0.140. The molecule has 3 N–H and O–H groups in total. The summed E-state index contributed by atoms with van der Waals surface area (Å²) in [6, 6.07) is 5.96. The summed E-state index contributed by atoms with van der Waals surface area (Å²) in [7, 11) is -3.70. The highest BCUT2D eigenvalue weighted by atomic mass is 32.2. The van der Waals surface area contributed by atoms with Gasteiger partial charge in [0, 0.05) is 6.20 Å². The maximum absolute atomic E-state index is 12.1. The Morgan fingerprint density at radius 1 is 1.29 bits per heavy atom. The molecule has 0 spiro atoms. The SMILES string of the molecule is O=C(O)C1(c2ccc(S(=O)(=O)Nc3cn[nH]c3)cc2)CC1. The van der Waals surface area contributed by atoms with Crippen molar-refractivity contribution in [3.8, 4) is 0 Å². The third-order valence-corrected chi connectivity index (χ3v) is 5.02. The van der Waals surface area contributed by atoms with Gasteiger partial charge in [-0.3, -0.25) is 14.6 Å². The number of carbonyl (C=O) groups is 1. The molecule has 0 bridgehead atoms. The van der Waals surface area contributed by atoms with Crippen LogP contribution in [-0.2, 0) is 20.2 Å². The maximum atomic E-state index is 12.1. The molecule has 2 aromatic rings. The molecule has 0 amide bonds. The Kier molecular flexibility index (Phi) is 2.98. The van der Waals surface area contributed by atoms with Crippen LogP contribution in [0.1, 0.15) is 18.4 Å². The van der Waals surface area contributed by atoms with Crippen LogP contribution in [0.4, 0.5) is 5.69 Å². The number of sulfonamides is 1. The van der Waals surface area contributed by atoms with Crippen LogP contribution in [0.3, 0.4) is 0 Å². The van der Waals surface area contributed by atoms with Gasteiger partial charge in [0.15, 0.2) is 0 Å². The number of hydrogen-bond acceptors (Lipinski definition) is 4. The number of carboxylic acid groups (broad SMARTS) is 1. The normalized spacial score (nSPS) is 16.4. The van der Waals surface area contributed by atoms with Gasteiger partial charge in [-0.2, -0.15) is 5.10 Å². The number of anilines is 1. The summed E-state index contributed by atoms with van der Waals surface area (Å²) in [5.74, 6) is -0.866. The first-order valence-corrected chi connectivity index (χ1v) is 7.78. The lowest BCUT2D eigenvalue weighted by molar-refractivity contribution is -0.140. The molecule has 1 saturated carbocycles. The molecule has 1 aliphatic carbocycles. The molecule has 3 rings (SSSR count). The topological polar surface area (TPSA) is 112 Å². The molecule has 0 radical (unpaired) electrons. The van der Waals surface area contributed by atoms with E-state index in [1.807, 2.05) is 0 Å². The molecule has 1 aromatic heterocycles. The number of nitrogens with one attached hydrogen (secondary N) is 2. The van der Waals surface area contributed by atoms with Crippen LogP contribution < -0.4 is 4.72 Å². The minimum absolute atomic E-state index is 0.0774. The van der Waals surface area contributed by atoms with Crippen molar-refractivity contribution in [3.63, 3.8) is 0 Å². The standard InChI is InChI=1S/C13H13N3O4S/c17-12(18)13(5-6-13)9-1-3-11(4-2-9)21(19,20)16-10-7-14-15-8-10/h1-4,7-8,16H,5-6H2,(H,14,15)(H,17,18). The summed E-state index contributed by atoms with van der Waals surface area (Å²) in [4.78, 5) is 11.3. The molecule has 0 atom stereocenters. The van der Waals surface area contributed by atoms with E-state index >= 15 is 0 Å². The van der Waals surface area contributed by atoms with Crippen molar-refractivity contribution >= 4 is 21.7 Å². The first-order valence-electron chi connectivity index (χ1n) is 6.30. The number of aliphatic carboxylic acids is 1. The second-order valence-corrected chi connectivity index (χ2v) is 6.69. The Balaban J connectivity index is 1.86. The molecule has 0 unspecified atom stereocenters. The van der Waals surface area contributed by atoms with Gasteiger partial charge < -0.3 is 5.11 Å². The summed E-state index contributed by atoms with van der Waals surface area (Å²) in [5, 5.41) is 15.4. The molecule has 0 aliphatic heterocycles. The smallest absolute Gasteiger partial charge is 0.314 e. The average molecular weight is 307 g/mol. The highest BCUT2D eigenvalue weighted by Gasteiger charge is 2.51. The first kappa shape index (κ1) is 13.6. The minimum atomic E-state index is -3.70. The van der Waals surface area contributed by atoms with Gasteiger partial charge in [0.25, 0.3) is 10.0 Å². The van der Waals surface area contributed by atoms with Crippen LogP contribution in [0.5, 0.6) is 0 Å². The number of aromatic amines is 1. The van der Waals surface area contributed by atoms with Crippen LogP contribution in [0, 0.1) is 0 Å². The van der Waals surface area contributed by atoms with Gasteiger partial charge in [-0.15, -0.1) is 0 Å². The van der Waals surface area contributed by atoms with Crippen molar-refractivity contribution in [1.29, 1.82) is 0 Å². The van der Waals surface area contributed by atoms with Crippen LogP contribution in [-0.4, -0.2) is 29.7 Å². The highest BCUT2D eigenvalue weighted by Crippen LogP contribution is 2.48. The van der Waals surface area contributed by atoms with E-state index in [0.29, 0.717) is 24.1 Å². The number of hydrogen-bond donors (Lipinski definition) is 3. The fraction of sp³-hybridized carbons (Fsp3) is 0.231. The Labute approximate surface area is 121 Å². The van der Waals surface area contributed by atoms with E-state index in [4.69, 9.17) is 0 Å². The lowest BCUT2D eigenvalue weighted by atomic mass is 9.96. The first-order chi connectivity index (χ1) is 9.94. The van der Waals surface area contributed by atoms with Crippen molar-refractivity contribution in [2.75, 3.05) is 4.72 Å². The summed E-state index contributed by atoms with van der Waals surface area (Å²) in [6.07, 6.45) is 3.95. The molecular formula is C13H13N3O4S. The van der Waals surface area contributed by atoms with Gasteiger partial charge in [-0.1, -0.05) is 12.1 Å². The van der Waals surface area contributed by atoms with Crippen LogP contribution in [0.25, 0.3) is 0 Å². The number of nitrogens with zero attached hydrogens (tertiary/aromatic N) is 1. The molecule has 1 aromatic carbocycles. The van der Waals surface area contributed by atoms with E-state index in [-0.39, 0.29) is 4.90 Å². The van der Waals surface area contributed by atoms with E-state index in [2.05, 4.69) is 14.9 Å². The fourth-order valence-electron chi connectivity index (χ4n) is 2.22. The van der Waals surface area contributed by atoms with E-state index in [9.17, 15) is 18.3 Å². The molecule has 1 heterocycles. The number of benzene rings is 1. The largest absolute Gasteiger partial charge is 0.481 e. The molecule has 110 valence electrons. The fourth-order valence-corrected chi connectivity index (χ4v) is 3.26. The Morgan fingerprint density at radius 2 is 1.95 bits per heavy atom. The lowest BCUT2D eigenvalue weighted by Gasteiger charge is -2.11. The molecule has 1 aliphatic rings.